The van der Waals surface area contributed by atoms with Crippen molar-refractivity contribution in [3.63, 3.8) is 0 Å². The lowest BCUT2D eigenvalue weighted by atomic mass is 9.77. The Balaban J connectivity index is 2.00. The Kier molecular flexibility index (Phi) is 2.06. The molecule has 3 aliphatic rings. The quantitative estimate of drug-likeness (QED) is 0.633. The van der Waals surface area contributed by atoms with Gasteiger partial charge in [0, 0.05) is 12.8 Å². The van der Waals surface area contributed by atoms with E-state index in [2.05, 4.69) is 6.92 Å². The van der Waals surface area contributed by atoms with Gasteiger partial charge >= 0.3 is 0 Å². The van der Waals surface area contributed by atoms with Crippen LogP contribution in [0.25, 0.3) is 0 Å². The summed E-state index contributed by atoms with van der Waals surface area (Å²) >= 11 is 0. The van der Waals surface area contributed by atoms with E-state index in [1.807, 2.05) is 13.8 Å². The Labute approximate surface area is 96.5 Å². The van der Waals surface area contributed by atoms with Crippen LogP contribution in [-0.4, -0.2) is 23.8 Å². The third-order valence-corrected chi connectivity index (χ3v) is 5.14. The second-order valence-electron chi connectivity index (χ2n) is 5.80. The maximum Gasteiger partial charge on any atom is 0.181 e. The molecule has 1 spiro atoms. The van der Waals surface area contributed by atoms with E-state index in [9.17, 15) is 4.79 Å². The van der Waals surface area contributed by atoms with E-state index in [1.54, 1.807) is 0 Å². The molecule has 0 aromatic rings. The number of ketones is 1. The summed E-state index contributed by atoms with van der Waals surface area (Å²) in [7, 11) is 0. The summed E-state index contributed by atoms with van der Waals surface area (Å²) in [6.45, 7) is 6.13. The lowest BCUT2D eigenvalue weighted by molar-refractivity contribution is -0.227. The summed E-state index contributed by atoms with van der Waals surface area (Å²) in [4.78, 5) is 12.2. The van der Waals surface area contributed by atoms with Crippen LogP contribution >= 0.6 is 0 Å². The van der Waals surface area contributed by atoms with E-state index in [0.717, 1.165) is 19.3 Å². The van der Waals surface area contributed by atoms with Gasteiger partial charge in [0.25, 0.3) is 0 Å². The Bertz CT molecular complexity index is 328. The van der Waals surface area contributed by atoms with Gasteiger partial charge in [-0.25, -0.2) is 0 Å². The third-order valence-electron chi connectivity index (χ3n) is 5.14. The van der Waals surface area contributed by atoms with Crippen molar-refractivity contribution in [2.75, 3.05) is 0 Å². The zero-order chi connectivity index (χ0) is 11.6. The fourth-order valence-electron chi connectivity index (χ4n) is 3.84. The summed E-state index contributed by atoms with van der Waals surface area (Å²) in [5.74, 6) is 0.207. The molecule has 0 radical (unpaired) electrons. The van der Waals surface area contributed by atoms with Crippen molar-refractivity contribution >= 4 is 5.78 Å². The maximum absolute atomic E-state index is 12.2. The average molecular weight is 224 g/mol. The largest absolute Gasteiger partial charge is 0.343 e. The molecule has 3 fully saturated rings. The Morgan fingerprint density at radius 3 is 2.44 bits per heavy atom. The van der Waals surface area contributed by atoms with Crippen LogP contribution in [-0.2, 0) is 14.3 Å². The van der Waals surface area contributed by atoms with Crippen molar-refractivity contribution in [2.45, 2.75) is 64.4 Å². The molecule has 90 valence electrons. The molecule has 1 saturated heterocycles. The van der Waals surface area contributed by atoms with Crippen LogP contribution in [0.3, 0.4) is 0 Å². The summed E-state index contributed by atoms with van der Waals surface area (Å²) in [6, 6.07) is 0. The minimum atomic E-state index is -0.607. The van der Waals surface area contributed by atoms with Crippen LogP contribution in [0.4, 0.5) is 0 Å². The van der Waals surface area contributed by atoms with Crippen molar-refractivity contribution in [1.82, 2.24) is 0 Å². The van der Waals surface area contributed by atoms with Crippen LogP contribution in [0, 0.1) is 11.3 Å². The van der Waals surface area contributed by atoms with Gasteiger partial charge in [0.15, 0.2) is 5.79 Å². The second kappa shape index (κ2) is 3.08. The number of ether oxygens (including phenoxy) is 2. The summed E-state index contributed by atoms with van der Waals surface area (Å²) < 4.78 is 12.1. The van der Waals surface area contributed by atoms with Gasteiger partial charge in [-0.3, -0.25) is 4.79 Å². The number of hydrogen-bond donors (Lipinski definition) is 0. The number of carbonyl (C=O) groups excluding carboxylic acids is 1. The van der Waals surface area contributed by atoms with E-state index in [4.69, 9.17) is 9.47 Å². The molecule has 2 saturated carbocycles. The van der Waals surface area contributed by atoms with Crippen molar-refractivity contribution in [1.29, 1.82) is 0 Å². The van der Waals surface area contributed by atoms with Gasteiger partial charge in [0.2, 0.25) is 0 Å². The summed E-state index contributed by atoms with van der Waals surface area (Å²) in [6.07, 6.45) is 3.88. The molecule has 0 bridgehead atoms. The van der Waals surface area contributed by atoms with Gasteiger partial charge in [-0.2, -0.15) is 0 Å². The van der Waals surface area contributed by atoms with Gasteiger partial charge in [-0.15, -0.1) is 0 Å². The zero-order valence-electron chi connectivity index (χ0n) is 10.3. The van der Waals surface area contributed by atoms with E-state index in [1.165, 1.54) is 0 Å². The molecule has 3 rings (SSSR count). The van der Waals surface area contributed by atoms with Crippen LogP contribution < -0.4 is 0 Å². The molecular weight excluding hydrogens is 204 g/mol. The van der Waals surface area contributed by atoms with Crippen molar-refractivity contribution in [2.24, 2.45) is 11.3 Å². The number of rotatable bonds is 0. The van der Waals surface area contributed by atoms with E-state index in [-0.39, 0.29) is 17.6 Å². The first-order chi connectivity index (χ1) is 7.49. The predicted octanol–water partition coefficient (Wildman–Crippen LogP) is 2.29. The van der Waals surface area contributed by atoms with Crippen LogP contribution in [0.1, 0.15) is 46.5 Å². The average Bonchev–Trinajstić information content (AvgIpc) is 2.77. The first-order valence-corrected chi connectivity index (χ1v) is 6.38. The highest BCUT2D eigenvalue weighted by molar-refractivity contribution is 5.88. The first-order valence-electron chi connectivity index (χ1n) is 6.38. The predicted molar refractivity (Wildman–Crippen MR) is 58.9 cm³/mol. The summed E-state index contributed by atoms with van der Waals surface area (Å²) in [5, 5.41) is 0. The number of hydrogen-bond acceptors (Lipinski definition) is 3. The molecule has 16 heavy (non-hydrogen) atoms. The molecule has 0 aromatic carbocycles. The highest BCUT2D eigenvalue weighted by Crippen LogP contribution is 2.61. The summed E-state index contributed by atoms with van der Waals surface area (Å²) in [5.41, 5.74) is -0.383. The molecule has 3 heteroatoms. The maximum atomic E-state index is 12.2. The highest BCUT2D eigenvalue weighted by atomic mass is 16.8. The van der Waals surface area contributed by atoms with Gasteiger partial charge in [-0.1, -0.05) is 0 Å². The fraction of sp³-hybridized carbons (Fsp3) is 0.923. The van der Waals surface area contributed by atoms with Gasteiger partial charge in [-0.05, 0) is 39.5 Å². The molecule has 1 heterocycles. The topological polar surface area (TPSA) is 35.5 Å². The SMILES string of the molecule is CC1OC2(CCC3CCC(=O)C32C)OC1C. The van der Waals surface area contributed by atoms with E-state index in [0.29, 0.717) is 18.1 Å². The number of carbonyl (C=O) groups is 1. The molecule has 2 aliphatic carbocycles. The minimum absolute atomic E-state index is 0.101. The Hall–Kier alpha value is -0.410. The molecule has 4 atom stereocenters. The first kappa shape index (κ1) is 10.7. The smallest absolute Gasteiger partial charge is 0.181 e. The van der Waals surface area contributed by atoms with Crippen LogP contribution in [0.2, 0.25) is 0 Å². The van der Waals surface area contributed by atoms with Crippen molar-refractivity contribution in [3.8, 4) is 0 Å². The Morgan fingerprint density at radius 2 is 1.81 bits per heavy atom. The lowest BCUT2D eigenvalue weighted by Gasteiger charge is -2.38. The normalized spacial score (nSPS) is 56.2. The molecule has 0 N–H and O–H groups in total. The fourth-order valence-corrected chi connectivity index (χ4v) is 3.84. The van der Waals surface area contributed by atoms with Crippen LogP contribution in [0.15, 0.2) is 0 Å². The standard InChI is InChI=1S/C13H20O3/c1-8-9(2)16-13(15-8)7-6-10-4-5-11(14)12(10,13)3/h8-10H,4-7H2,1-3H3. The molecule has 4 unspecified atom stereocenters. The highest BCUT2D eigenvalue weighted by Gasteiger charge is 2.68. The van der Waals surface area contributed by atoms with E-state index >= 15 is 0 Å². The number of Topliss-reactive ketones (excluding diaryl/α,β-unsaturated/α-hetero) is 1. The Morgan fingerprint density at radius 1 is 1.19 bits per heavy atom. The molecule has 0 amide bonds. The van der Waals surface area contributed by atoms with Crippen LogP contribution in [0.5, 0.6) is 0 Å². The third kappa shape index (κ3) is 1.04. The molecule has 1 aliphatic heterocycles. The molecule has 0 aromatic heterocycles. The van der Waals surface area contributed by atoms with E-state index < -0.39 is 5.79 Å². The van der Waals surface area contributed by atoms with Crippen molar-refractivity contribution < 1.29 is 14.3 Å². The molecular formula is C13H20O3. The minimum Gasteiger partial charge on any atom is -0.343 e. The second-order valence-corrected chi connectivity index (χ2v) is 5.80. The zero-order valence-corrected chi connectivity index (χ0v) is 10.3. The lowest BCUT2D eigenvalue weighted by Crippen LogP contribution is -2.48. The van der Waals surface area contributed by atoms with Gasteiger partial charge in [0.1, 0.15) is 5.78 Å². The van der Waals surface area contributed by atoms with Crippen molar-refractivity contribution in [3.05, 3.63) is 0 Å². The number of fused-ring (bicyclic) bond motifs is 2. The van der Waals surface area contributed by atoms with Gasteiger partial charge in [0.05, 0.1) is 17.6 Å². The molecule has 3 nitrogen and oxygen atoms in total. The monoisotopic (exact) mass is 224 g/mol. The van der Waals surface area contributed by atoms with Gasteiger partial charge < -0.3 is 9.47 Å².